The van der Waals surface area contributed by atoms with E-state index >= 15 is 0 Å². The SMILES string of the molecule is CCN(CCO)C(=O)C1CCCN1.Cl. The summed E-state index contributed by atoms with van der Waals surface area (Å²) in [6.07, 6.45) is 2.01. The molecule has 4 nitrogen and oxygen atoms in total. The van der Waals surface area contributed by atoms with Gasteiger partial charge in [0.15, 0.2) is 0 Å². The van der Waals surface area contributed by atoms with E-state index in [1.807, 2.05) is 6.92 Å². The number of hydrogen-bond acceptors (Lipinski definition) is 3. The fraction of sp³-hybridized carbons (Fsp3) is 0.889. The molecule has 0 radical (unpaired) electrons. The first-order chi connectivity index (χ1) is 6.29. The Morgan fingerprint density at radius 2 is 2.36 bits per heavy atom. The molecule has 0 aromatic rings. The molecule has 1 unspecified atom stereocenters. The highest BCUT2D eigenvalue weighted by molar-refractivity contribution is 5.85. The zero-order valence-electron chi connectivity index (χ0n) is 8.53. The van der Waals surface area contributed by atoms with Crippen LogP contribution in [0.3, 0.4) is 0 Å². The van der Waals surface area contributed by atoms with Crippen LogP contribution in [-0.4, -0.2) is 48.2 Å². The molecule has 1 amide bonds. The number of nitrogens with zero attached hydrogens (tertiary/aromatic N) is 1. The minimum Gasteiger partial charge on any atom is -0.395 e. The molecule has 1 aliphatic rings. The number of likely N-dealkylation sites (N-methyl/N-ethyl adjacent to an activating group) is 1. The van der Waals surface area contributed by atoms with E-state index in [0.717, 1.165) is 19.4 Å². The molecule has 0 spiro atoms. The molecule has 1 saturated heterocycles. The van der Waals surface area contributed by atoms with Gasteiger partial charge >= 0.3 is 0 Å². The van der Waals surface area contributed by atoms with Crippen molar-refractivity contribution in [3.05, 3.63) is 0 Å². The molecule has 0 aliphatic carbocycles. The number of hydrogen-bond donors (Lipinski definition) is 2. The summed E-state index contributed by atoms with van der Waals surface area (Å²) in [5, 5.41) is 11.9. The van der Waals surface area contributed by atoms with Gasteiger partial charge in [-0.15, -0.1) is 12.4 Å². The van der Waals surface area contributed by atoms with E-state index in [1.165, 1.54) is 0 Å². The summed E-state index contributed by atoms with van der Waals surface area (Å²) in [6, 6.07) is -0.00787. The van der Waals surface area contributed by atoms with Crippen LogP contribution in [0.1, 0.15) is 19.8 Å². The average molecular weight is 223 g/mol. The van der Waals surface area contributed by atoms with Crippen molar-refractivity contribution in [1.29, 1.82) is 0 Å². The highest BCUT2D eigenvalue weighted by atomic mass is 35.5. The number of nitrogens with one attached hydrogen (secondary N) is 1. The highest BCUT2D eigenvalue weighted by Gasteiger charge is 2.25. The molecule has 0 bridgehead atoms. The Balaban J connectivity index is 0.00000169. The van der Waals surface area contributed by atoms with Crippen molar-refractivity contribution >= 4 is 18.3 Å². The van der Waals surface area contributed by atoms with Gasteiger partial charge in [-0.3, -0.25) is 4.79 Å². The van der Waals surface area contributed by atoms with Crippen LogP contribution in [0.2, 0.25) is 0 Å². The lowest BCUT2D eigenvalue weighted by Gasteiger charge is -2.23. The molecule has 0 saturated carbocycles. The second-order valence-corrected chi connectivity index (χ2v) is 3.29. The number of carbonyl (C=O) groups excluding carboxylic acids is 1. The minimum absolute atomic E-state index is 0. The number of halogens is 1. The van der Waals surface area contributed by atoms with Gasteiger partial charge in [-0.1, -0.05) is 0 Å². The molecular weight excluding hydrogens is 204 g/mol. The third kappa shape index (κ3) is 3.44. The normalized spacial score (nSPS) is 20.3. The lowest BCUT2D eigenvalue weighted by molar-refractivity contribution is -0.133. The quantitative estimate of drug-likeness (QED) is 0.704. The third-order valence-electron chi connectivity index (χ3n) is 2.42. The standard InChI is InChI=1S/C9H18N2O2.ClH/c1-2-11(6-7-12)9(13)8-4-3-5-10-8;/h8,10,12H,2-7H2,1H3;1H. The number of carbonyl (C=O) groups is 1. The van der Waals surface area contributed by atoms with Crippen LogP contribution >= 0.6 is 12.4 Å². The molecule has 1 rings (SSSR count). The first kappa shape index (κ1) is 13.7. The second kappa shape index (κ2) is 7.04. The van der Waals surface area contributed by atoms with Crippen LogP contribution in [0, 0.1) is 0 Å². The second-order valence-electron chi connectivity index (χ2n) is 3.29. The van der Waals surface area contributed by atoms with Crippen molar-refractivity contribution in [3.8, 4) is 0 Å². The maximum Gasteiger partial charge on any atom is 0.239 e. The van der Waals surface area contributed by atoms with E-state index in [-0.39, 0.29) is 31.0 Å². The Bertz CT molecular complexity index is 172. The molecule has 14 heavy (non-hydrogen) atoms. The van der Waals surface area contributed by atoms with Crippen LogP contribution in [-0.2, 0) is 4.79 Å². The van der Waals surface area contributed by atoms with Crippen molar-refractivity contribution in [1.82, 2.24) is 10.2 Å². The van der Waals surface area contributed by atoms with Gasteiger partial charge in [-0.05, 0) is 26.3 Å². The molecule has 5 heteroatoms. The fourth-order valence-electron chi connectivity index (χ4n) is 1.66. The Labute approximate surface area is 91.1 Å². The molecular formula is C9H19ClN2O2. The Hall–Kier alpha value is -0.320. The highest BCUT2D eigenvalue weighted by Crippen LogP contribution is 2.08. The van der Waals surface area contributed by atoms with Crippen LogP contribution in [0.4, 0.5) is 0 Å². The molecule has 0 aromatic carbocycles. The van der Waals surface area contributed by atoms with Gasteiger partial charge in [0.25, 0.3) is 0 Å². The van der Waals surface area contributed by atoms with Crippen molar-refractivity contribution in [2.24, 2.45) is 0 Å². The van der Waals surface area contributed by atoms with Gasteiger partial charge in [0.2, 0.25) is 5.91 Å². The molecule has 2 N–H and O–H groups in total. The van der Waals surface area contributed by atoms with Crippen molar-refractivity contribution in [3.63, 3.8) is 0 Å². The maximum atomic E-state index is 11.7. The van der Waals surface area contributed by atoms with Crippen LogP contribution < -0.4 is 5.32 Å². The van der Waals surface area contributed by atoms with E-state index in [0.29, 0.717) is 13.1 Å². The zero-order valence-corrected chi connectivity index (χ0v) is 9.35. The Morgan fingerprint density at radius 3 is 2.79 bits per heavy atom. The number of rotatable bonds is 4. The van der Waals surface area contributed by atoms with E-state index in [1.54, 1.807) is 4.90 Å². The van der Waals surface area contributed by atoms with Crippen LogP contribution in [0.15, 0.2) is 0 Å². The predicted molar refractivity (Wildman–Crippen MR) is 57.6 cm³/mol. The summed E-state index contributed by atoms with van der Waals surface area (Å²) in [6.45, 7) is 4.05. The monoisotopic (exact) mass is 222 g/mol. The van der Waals surface area contributed by atoms with Crippen LogP contribution in [0.5, 0.6) is 0 Å². The molecule has 1 atom stereocenters. The number of amides is 1. The van der Waals surface area contributed by atoms with Gasteiger partial charge in [-0.25, -0.2) is 0 Å². The summed E-state index contributed by atoms with van der Waals surface area (Å²) >= 11 is 0. The largest absolute Gasteiger partial charge is 0.395 e. The average Bonchev–Trinajstić information content (AvgIpc) is 2.65. The smallest absolute Gasteiger partial charge is 0.239 e. The van der Waals surface area contributed by atoms with Crippen molar-refractivity contribution in [2.75, 3.05) is 26.2 Å². The summed E-state index contributed by atoms with van der Waals surface area (Å²) in [5.41, 5.74) is 0. The van der Waals surface area contributed by atoms with E-state index in [9.17, 15) is 4.79 Å². The topological polar surface area (TPSA) is 52.6 Å². The summed E-state index contributed by atoms with van der Waals surface area (Å²) in [4.78, 5) is 13.4. The predicted octanol–water partition coefficient (Wildman–Crippen LogP) is 0.001000. The number of aliphatic hydroxyl groups excluding tert-OH is 1. The van der Waals surface area contributed by atoms with E-state index in [2.05, 4.69) is 5.32 Å². The first-order valence-electron chi connectivity index (χ1n) is 4.92. The molecule has 1 fully saturated rings. The summed E-state index contributed by atoms with van der Waals surface area (Å²) in [5.74, 6) is 0.133. The Kier molecular flexibility index (Phi) is 6.87. The van der Waals surface area contributed by atoms with Gasteiger partial charge in [0, 0.05) is 13.1 Å². The van der Waals surface area contributed by atoms with Gasteiger partial charge in [0.05, 0.1) is 12.6 Å². The molecule has 0 aromatic heterocycles. The summed E-state index contributed by atoms with van der Waals surface area (Å²) < 4.78 is 0. The van der Waals surface area contributed by atoms with Crippen LogP contribution in [0.25, 0.3) is 0 Å². The molecule has 84 valence electrons. The lowest BCUT2D eigenvalue weighted by Crippen LogP contribution is -2.44. The Morgan fingerprint density at radius 1 is 1.64 bits per heavy atom. The molecule has 1 heterocycles. The lowest BCUT2D eigenvalue weighted by atomic mass is 10.2. The van der Waals surface area contributed by atoms with E-state index in [4.69, 9.17) is 5.11 Å². The van der Waals surface area contributed by atoms with Gasteiger partial charge in [0.1, 0.15) is 0 Å². The third-order valence-corrected chi connectivity index (χ3v) is 2.42. The first-order valence-corrected chi connectivity index (χ1v) is 4.92. The molecule has 1 aliphatic heterocycles. The fourth-order valence-corrected chi connectivity index (χ4v) is 1.66. The minimum atomic E-state index is -0.00787. The summed E-state index contributed by atoms with van der Waals surface area (Å²) in [7, 11) is 0. The van der Waals surface area contributed by atoms with Gasteiger partial charge in [-0.2, -0.15) is 0 Å². The van der Waals surface area contributed by atoms with Crippen molar-refractivity contribution < 1.29 is 9.90 Å². The zero-order chi connectivity index (χ0) is 9.68. The number of aliphatic hydroxyl groups is 1. The van der Waals surface area contributed by atoms with Crippen molar-refractivity contribution in [2.45, 2.75) is 25.8 Å². The van der Waals surface area contributed by atoms with Gasteiger partial charge < -0.3 is 15.3 Å². The van der Waals surface area contributed by atoms with E-state index < -0.39 is 0 Å². The maximum absolute atomic E-state index is 11.7.